The summed E-state index contributed by atoms with van der Waals surface area (Å²) >= 11 is 0. The minimum atomic E-state index is -2.78. The smallest absolute Gasteiger partial charge is 0.245 e. The molecule has 87 heavy (non-hydrogen) atoms. The second-order valence-corrected chi connectivity index (χ2v) is 28.0. The summed E-state index contributed by atoms with van der Waals surface area (Å²) in [6.07, 6.45) is 14.9. The summed E-state index contributed by atoms with van der Waals surface area (Å²) in [6, 6.07) is 36.0. The minimum absolute atomic E-state index is 0.0169. The molecule has 0 spiro atoms. The van der Waals surface area contributed by atoms with Crippen LogP contribution in [0.1, 0.15) is 223 Å². The molecular formula is C74H111F2N5O6. The van der Waals surface area contributed by atoms with Crippen molar-refractivity contribution < 1.29 is 39.1 Å². The minimum Gasteiger partial charge on any atom is -0.383 e. The second-order valence-electron chi connectivity index (χ2n) is 28.0. The molecule has 0 bridgehead atoms. The topological polar surface area (TPSA) is 175 Å². The van der Waals surface area contributed by atoms with Crippen LogP contribution in [0.4, 0.5) is 8.78 Å². The predicted molar refractivity (Wildman–Crippen MR) is 353 cm³/mol. The van der Waals surface area contributed by atoms with E-state index in [1.807, 2.05) is 188 Å². The highest BCUT2D eigenvalue weighted by atomic mass is 19.3. The number of allylic oxidation sites excluding steroid dienone is 1. The van der Waals surface area contributed by atoms with Crippen LogP contribution in [0.15, 0.2) is 159 Å². The molecule has 5 heterocycles. The fraction of sp³-hybridized carbons (Fsp3) is 0.554. The van der Waals surface area contributed by atoms with E-state index in [1.165, 1.54) is 5.56 Å². The van der Waals surface area contributed by atoms with Crippen molar-refractivity contribution in [2.45, 2.75) is 230 Å². The van der Waals surface area contributed by atoms with E-state index in [9.17, 15) is 34.3 Å². The summed E-state index contributed by atoms with van der Waals surface area (Å²) in [5, 5.41) is 55.0. The van der Waals surface area contributed by atoms with Gasteiger partial charge >= 0.3 is 0 Å². The Labute approximate surface area is 523 Å². The third kappa shape index (κ3) is 21.0. The first-order valence-corrected chi connectivity index (χ1v) is 31.0. The van der Waals surface area contributed by atoms with Gasteiger partial charge in [0.25, 0.3) is 0 Å². The first-order chi connectivity index (χ1) is 40.1. The average molecular weight is 1200 g/mol. The lowest BCUT2D eigenvalue weighted by Gasteiger charge is -2.43. The molecule has 6 atom stereocenters. The molecule has 482 valence electrons. The van der Waals surface area contributed by atoms with Crippen molar-refractivity contribution in [3.05, 3.63) is 198 Å². The van der Waals surface area contributed by atoms with Gasteiger partial charge in [-0.15, -0.1) is 6.58 Å². The molecule has 0 saturated heterocycles. The van der Waals surface area contributed by atoms with Crippen molar-refractivity contribution in [3.8, 4) is 0 Å². The van der Waals surface area contributed by atoms with Gasteiger partial charge in [0, 0.05) is 49.4 Å². The summed E-state index contributed by atoms with van der Waals surface area (Å²) < 4.78 is 31.6. The number of aryl methyl sites for hydroxylation is 1. The number of alkyl halides is 2. The number of ether oxygens (including phenoxy) is 1. The van der Waals surface area contributed by atoms with Crippen molar-refractivity contribution in [2.75, 3.05) is 6.61 Å². The van der Waals surface area contributed by atoms with Crippen LogP contribution >= 0.6 is 0 Å². The summed E-state index contributed by atoms with van der Waals surface area (Å²) in [6.45, 7) is 43.1. The van der Waals surface area contributed by atoms with Gasteiger partial charge in [0.05, 0.1) is 34.6 Å². The van der Waals surface area contributed by atoms with Crippen LogP contribution in [0.2, 0.25) is 0 Å². The number of aromatic nitrogens is 5. The highest BCUT2D eigenvalue weighted by molar-refractivity contribution is 5.37. The van der Waals surface area contributed by atoms with E-state index < -0.39 is 39.3 Å². The van der Waals surface area contributed by atoms with Crippen LogP contribution < -0.4 is 0 Å². The Balaban J connectivity index is 0.000000372. The Bertz CT molecular complexity index is 2870. The fourth-order valence-corrected chi connectivity index (χ4v) is 10.3. The van der Waals surface area contributed by atoms with Gasteiger partial charge in [0.1, 0.15) is 28.0 Å². The van der Waals surface area contributed by atoms with E-state index in [2.05, 4.69) is 78.3 Å². The molecule has 0 aliphatic rings. The Kier molecular flexibility index (Phi) is 29.1. The monoisotopic (exact) mass is 1200 g/mol. The Morgan fingerprint density at radius 2 is 0.839 bits per heavy atom. The fourth-order valence-electron chi connectivity index (χ4n) is 10.3. The van der Waals surface area contributed by atoms with Crippen LogP contribution in [-0.2, 0) is 39.2 Å². The van der Waals surface area contributed by atoms with Crippen molar-refractivity contribution in [1.29, 1.82) is 0 Å². The number of aliphatic hydroxyl groups is 5. The van der Waals surface area contributed by atoms with E-state index in [-0.39, 0.29) is 40.6 Å². The van der Waals surface area contributed by atoms with Crippen molar-refractivity contribution in [3.63, 3.8) is 0 Å². The standard InChI is InChI=1S/C18H23NO.C14H21F2NO.C14H23NO2.C14H23NO.C14H21NO/c1-5-14-9-8-10-15(13-14)18(20,17(2,3)4)16-11-6-7-12-19-16;1-12(2,3)14(18,9-8-13(4,15)16)11-7-5-6-10-17-11;1-6-17-11(2)14(16,13(3,4)5)12-9-7-8-10-15-12;2*1-5-6-10-14(16,13(2,3)4)12-9-7-8-11-15-12/h6-13,20H,5H2,1-4H3;5-7,10,18H,8-9H2,1-4H3;7-11,16H,6H2,1-5H3;7-9,11,16H,5-6,10H2,1-4H3;5,7-9,11,16H,1,6,10H2,2-4H3. The Morgan fingerprint density at radius 3 is 1.15 bits per heavy atom. The van der Waals surface area contributed by atoms with E-state index in [1.54, 1.807) is 49.2 Å². The Hall–Kier alpha value is -5.67. The third-order valence-electron chi connectivity index (χ3n) is 16.6. The van der Waals surface area contributed by atoms with E-state index in [4.69, 9.17) is 4.74 Å². The van der Waals surface area contributed by atoms with Crippen LogP contribution in [0.3, 0.4) is 0 Å². The van der Waals surface area contributed by atoms with Gasteiger partial charge in [-0.3, -0.25) is 24.9 Å². The quantitative estimate of drug-likeness (QED) is 0.0488. The number of rotatable bonds is 19. The molecule has 0 amide bonds. The molecule has 0 saturated carbocycles. The van der Waals surface area contributed by atoms with Gasteiger partial charge in [-0.2, -0.15) is 0 Å². The van der Waals surface area contributed by atoms with E-state index in [0.717, 1.165) is 56.0 Å². The van der Waals surface area contributed by atoms with Gasteiger partial charge in [-0.25, -0.2) is 8.78 Å². The zero-order valence-corrected chi connectivity index (χ0v) is 56.7. The predicted octanol–water partition coefficient (Wildman–Crippen LogP) is 17.2. The van der Waals surface area contributed by atoms with Gasteiger partial charge in [-0.05, 0) is 146 Å². The van der Waals surface area contributed by atoms with E-state index in [0.29, 0.717) is 30.1 Å². The summed E-state index contributed by atoms with van der Waals surface area (Å²) in [5.74, 6) is -2.78. The molecule has 6 rings (SSSR count). The first kappa shape index (κ1) is 77.4. The summed E-state index contributed by atoms with van der Waals surface area (Å²) in [5.41, 5.74) is -1.53. The highest BCUT2D eigenvalue weighted by Crippen LogP contribution is 2.47. The van der Waals surface area contributed by atoms with Crippen LogP contribution in [-0.4, -0.2) is 69.1 Å². The van der Waals surface area contributed by atoms with Gasteiger partial charge < -0.3 is 30.3 Å². The Morgan fingerprint density at radius 1 is 0.460 bits per heavy atom. The lowest BCUT2D eigenvalue weighted by molar-refractivity contribution is -0.165. The maximum absolute atomic E-state index is 13.0. The first-order valence-electron chi connectivity index (χ1n) is 31.0. The van der Waals surface area contributed by atoms with Gasteiger partial charge in [-0.1, -0.05) is 191 Å². The molecular weight excluding hydrogens is 1090 g/mol. The van der Waals surface area contributed by atoms with Gasteiger partial charge in [0.15, 0.2) is 0 Å². The SMILES string of the molecule is C=CCCC(O)(c1ccccn1)C(C)(C)C.CC(F)(F)CCC(O)(c1ccccn1)C(C)(C)C.CCCCC(O)(c1ccccn1)C(C)(C)C.CCOC(C)C(O)(c1ccccn1)C(C)(C)C.CCc1cccc(C(O)(c2ccccn2)C(C)(C)C)c1. The molecule has 13 heteroatoms. The number of benzene rings is 1. The molecule has 5 aromatic heterocycles. The molecule has 5 N–H and O–H groups in total. The van der Waals surface area contributed by atoms with Crippen LogP contribution in [0.5, 0.6) is 0 Å². The highest BCUT2D eigenvalue weighted by Gasteiger charge is 2.49. The molecule has 0 fully saturated rings. The summed E-state index contributed by atoms with van der Waals surface area (Å²) in [4.78, 5) is 21.4. The number of pyridine rings is 5. The molecule has 0 aliphatic heterocycles. The van der Waals surface area contributed by atoms with Crippen molar-refractivity contribution in [1.82, 2.24) is 24.9 Å². The van der Waals surface area contributed by atoms with Crippen LogP contribution in [0, 0.1) is 27.1 Å². The van der Waals surface area contributed by atoms with Gasteiger partial charge in [0.2, 0.25) is 5.92 Å². The molecule has 11 nitrogen and oxygen atoms in total. The summed E-state index contributed by atoms with van der Waals surface area (Å²) in [7, 11) is 0. The van der Waals surface area contributed by atoms with E-state index >= 15 is 0 Å². The number of nitrogens with zero attached hydrogens (tertiary/aromatic N) is 5. The molecule has 1 aromatic carbocycles. The maximum atomic E-state index is 13.0. The zero-order chi connectivity index (χ0) is 66.4. The zero-order valence-electron chi connectivity index (χ0n) is 56.7. The largest absolute Gasteiger partial charge is 0.383 e. The third-order valence-corrected chi connectivity index (χ3v) is 16.6. The second kappa shape index (κ2) is 32.7. The number of halogens is 2. The number of hydrogen-bond donors (Lipinski definition) is 5. The molecule has 6 unspecified atom stereocenters. The number of unbranched alkanes of at least 4 members (excludes halogenated alkanes) is 1. The lowest BCUT2D eigenvalue weighted by atomic mass is 9.70. The number of hydrogen-bond acceptors (Lipinski definition) is 11. The maximum Gasteiger partial charge on any atom is 0.245 e. The molecule has 0 radical (unpaired) electrons. The average Bonchev–Trinajstić information content (AvgIpc) is 1.03. The van der Waals surface area contributed by atoms with Crippen LogP contribution in [0.25, 0.3) is 0 Å². The molecule has 0 aliphatic carbocycles. The lowest BCUT2D eigenvalue weighted by Crippen LogP contribution is -2.50. The van der Waals surface area contributed by atoms with Crippen molar-refractivity contribution >= 4 is 0 Å². The molecule has 6 aromatic rings. The normalized spacial score (nSPS) is 16.0. The van der Waals surface area contributed by atoms with Crippen molar-refractivity contribution in [2.24, 2.45) is 27.1 Å².